The lowest BCUT2D eigenvalue weighted by Crippen LogP contribution is -2.45. The fourth-order valence-electron chi connectivity index (χ4n) is 2.55. The molecule has 2 N–H and O–H groups in total. The predicted octanol–water partition coefficient (Wildman–Crippen LogP) is 2.69. The van der Waals surface area contributed by atoms with Gasteiger partial charge < -0.3 is 10.6 Å². The van der Waals surface area contributed by atoms with Crippen LogP contribution in [-0.4, -0.2) is 25.0 Å². The lowest BCUT2D eigenvalue weighted by atomic mass is 10.1. The van der Waals surface area contributed by atoms with E-state index < -0.39 is 0 Å². The van der Waals surface area contributed by atoms with E-state index in [1.54, 1.807) is 11.3 Å². The molecule has 2 heterocycles. The van der Waals surface area contributed by atoms with E-state index >= 15 is 0 Å². The average molecular weight is 274 g/mol. The van der Waals surface area contributed by atoms with Crippen LogP contribution in [0.5, 0.6) is 0 Å². The molecular weight excluding hydrogens is 256 g/mol. The van der Waals surface area contributed by atoms with Crippen LogP contribution in [0.1, 0.15) is 28.1 Å². The van der Waals surface area contributed by atoms with E-state index in [1.165, 1.54) is 15.6 Å². The molecule has 19 heavy (non-hydrogen) atoms. The standard InChI is InChI=1S/C15H18N2OS/c1-10-4-2-6-13-12(10)8-14(19-13)15(18)17-11-5-3-7-16-9-11/h2,4,6,8,11,16H,3,5,7,9H2,1H3,(H,17,18)/t11-/m1/s1. The summed E-state index contributed by atoms with van der Waals surface area (Å²) in [5, 5.41) is 7.63. The van der Waals surface area contributed by atoms with Crippen LogP contribution in [0.2, 0.25) is 0 Å². The second-order valence-electron chi connectivity index (χ2n) is 5.11. The van der Waals surface area contributed by atoms with Crippen molar-refractivity contribution in [1.29, 1.82) is 0 Å². The molecule has 1 aliphatic heterocycles. The third kappa shape index (κ3) is 2.65. The molecule has 0 radical (unpaired) electrons. The molecule has 1 saturated heterocycles. The summed E-state index contributed by atoms with van der Waals surface area (Å²) in [6.07, 6.45) is 2.21. The Kier molecular flexibility index (Phi) is 3.53. The molecule has 0 unspecified atom stereocenters. The lowest BCUT2D eigenvalue weighted by molar-refractivity contribution is 0.0935. The van der Waals surface area contributed by atoms with Crippen LogP contribution in [0.3, 0.4) is 0 Å². The Morgan fingerprint density at radius 2 is 2.37 bits per heavy atom. The molecule has 1 aromatic carbocycles. The zero-order chi connectivity index (χ0) is 13.2. The normalized spacial score (nSPS) is 19.5. The third-order valence-electron chi connectivity index (χ3n) is 3.64. The number of rotatable bonds is 2. The summed E-state index contributed by atoms with van der Waals surface area (Å²) >= 11 is 1.58. The first kappa shape index (κ1) is 12.6. The van der Waals surface area contributed by atoms with Crippen molar-refractivity contribution in [2.24, 2.45) is 0 Å². The monoisotopic (exact) mass is 274 g/mol. The van der Waals surface area contributed by atoms with E-state index in [0.717, 1.165) is 30.8 Å². The number of fused-ring (bicyclic) bond motifs is 1. The van der Waals surface area contributed by atoms with Gasteiger partial charge in [-0.3, -0.25) is 4.79 Å². The van der Waals surface area contributed by atoms with Gasteiger partial charge in [-0.2, -0.15) is 0 Å². The molecule has 1 amide bonds. The number of nitrogens with one attached hydrogen (secondary N) is 2. The molecule has 100 valence electrons. The van der Waals surface area contributed by atoms with E-state index in [-0.39, 0.29) is 11.9 Å². The summed E-state index contributed by atoms with van der Waals surface area (Å²) in [6.45, 7) is 4.03. The molecule has 0 aliphatic carbocycles. The molecule has 0 spiro atoms. The summed E-state index contributed by atoms with van der Waals surface area (Å²) in [4.78, 5) is 13.1. The Hall–Kier alpha value is -1.39. The Balaban J connectivity index is 1.79. The van der Waals surface area contributed by atoms with E-state index in [4.69, 9.17) is 0 Å². The van der Waals surface area contributed by atoms with Gasteiger partial charge in [0.2, 0.25) is 0 Å². The topological polar surface area (TPSA) is 41.1 Å². The summed E-state index contributed by atoms with van der Waals surface area (Å²) < 4.78 is 1.19. The minimum Gasteiger partial charge on any atom is -0.347 e. The number of hydrogen-bond acceptors (Lipinski definition) is 3. The SMILES string of the molecule is Cc1cccc2sc(C(=O)N[C@@H]3CCCNC3)cc12. The quantitative estimate of drug-likeness (QED) is 0.884. The molecule has 0 bridgehead atoms. The highest BCUT2D eigenvalue weighted by atomic mass is 32.1. The highest BCUT2D eigenvalue weighted by Crippen LogP contribution is 2.28. The first-order valence-electron chi connectivity index (χ1n) is 6.75. The highest BCUT2D eigenvalue weighted by molar-refractivity contribution is 7.20. The molecule has 4 heteroatoms. The van der Waals surface area contributed by atoms with Crippen LogP contribution in [0.25, 0.3) is 10.1 Å². The van der Waals surface area contributed by atoms with Crippen LogP contribution >= 0.6 is 11.3 Å². The summed E-state index contributed by atoms with van der Waals surface area (Å²) in [5.74, 6) is 0.0642. The van der Waals surface area contributed by atoms with Crippen molar-refractivity contribution < 1.29 is 4.79 Å². The minimum atomic E-state index is 0.0642. The van der Waals surface area contributed by atoms with Gasteiger partial charge in [0.15, 0.2) is 0 Å². The zero-order valence-corrected chi connectivity index (χ0v) is 11.8. The minimum absolute atomic E-state index is 0.0642. The predicted molar refractivity (Wildman–Crippen MR) is 79.9 cm³/mol. The van der Waals surface area contributed by atoms with Gasteiger partial charge in [0.25, 0.3) is 5.91 Å². The number of amides is 1. The maximum atomic E-state index is 12.3. The molecule has 3 rings (SSSR count). The van der Waals surface area contributed by atoms with Crippen molar-refractivity contribution in [2.45, 2.75) is 25.8 Å². The summed E-state index contributed by atoms with van der Waals surface area (Å²) in [6, 6.07) is 8.49. The Morgan fingerprint density at radius 3 is 3.11 bits per heavy atom. The van der Waals surface area contributed by atoms with E-state index in [1.807, 2.05) is 12.1 Å². The highest BCUT2D eigenvalue weighted by Gasteiger charge is 2.18. The first-order valence-corrected chi connectivity index (χ1v) is 7.56. The van der Waals surface area contributed by atoms with Crippen LogP contribution < -0.4 is 10.6 Å². The molecule has 0 saturated carbocycles. The van der Waals surface area contributed by atoms with Crippen molar-refractivity contribution in [1.82, 2.24) is 10.6 Å². The van der Waals surface area contributed by atoms with Crippen molar-refractivity contribution in [3.05, 3.63) is 34.7 Å². The van der Waals surface area contributed by atoms with Crippen molar-refractivity contribution >= 4 is 27.3 Å². The van der Waals surface area contributed by atoms with Crippen molar-refractivity contribution in [3.63, 3.8) is 0 Å². The molecular formula is C15H18N2OS. The van der Waals surface area contributed by atoms with Gasteiger partial charge in [0.05, 0.1) is 4.88 Å². The van der Waals surface area contributed by atoms with Gasteiger partial charge >= 0.3 is 0 Å². The van der Waals surface area contributed by atoms with Crippen molar-refractivity contribution in [3.8, 4) is 0 Å². The van der Waals surface area contributed by atoms with Gasteiger partial charge in [-0.05, 0) is 49.4 Å². The number of hydrogen-bond donors (Lipinski definition) is 2. The van der Waals surface area contributed by atoms with Crippen LogP contribution in [-0.2, 0) is 0 Å². The van der Waals surface area contributed by atoms with Gasteiger partial charge in [-0.1, -0.05) is 12.1 Å². The number of benzene rings is 1. The van der Waals surface area contributed by atoms with E-state index in [2.05, 4.69) is 29.7 Å². The molecule has 1 aromatic heterocycles. The number of piperidine rings is 1. The Bertz CT molecular complexity index is 599. The van der Waals surface area contributed by atoms with Gasteiger partial charge in [-0.15, -0.1) is 11.3 Å². The molecule has 1 fully saturated rings. The second kappa shape index (κ2) is 5.31. The lowest BCUT2D eigenvalue weighted by Gasteiger charge is -2.23. The second-order valence-corrected chi connectivity index (χ2v) is 6.20. The van der Waals surface area contributed by atoms with Gasteiger partial charge in [-0.25, -0.2) is 0 Å². The number of carbonyl (C=O) groups is 1. The van der Waals surface area contributed by atoms with E-state index in [9.17, 15) is 4.79 Å². The molecule has 1 atom stereocenters. The Labute approximate surface area is 117 Å². The third-order valence-corrected chi connectivity index (χ3v) is 4.73. The Morgan fingerprint density at radius 1 is 1.47 bits per heavy atom. The summed E-state index contributed by atoms with van der Waals surface area (Å²) in [7, 11) is 0. The fraction of sp³-hybridized carbons (Fsp3) is 0.400. The number of carbonyl (C=O) groups excluding carboxylic acids is 1. The van der Waals surface area contributed by atoms with Gasteiger partial charge in [0, 0.05) is 17.3 Å². The smallest absolute Gasteiger partial charge is 0.261 e. The van der Waals surface area contributed by atoms with Crippen LogP contribution in [0.4, 0.5) is 0 Å². The van der Waals surface area contributed by atoms with Crippen LogP contribution in [0, 0.1) is 6.92 Å². The van der Waals surface area contributed by atoms with E-state index in [0.29, 0.717) is 0 Å². The maximum absolute atomic E-state index is 12.3. The van der Waals surface area contributed by atoms with Crippen LogP contribution in [0.15, 0.2) is 24.3 Å². The number of aryl methyl sites for hydroxylation is 1. The zero-order valence-electron chi connectivity index (χ0n) is 11.0. The van der Waals surface area contributed by atoms with Crippen molar-refractivity contribution in [2.75, 3.05) is 13.1 Å². The average Bonchev–Trinajstić information content (AvgIpc) is 2.85. The number of thiophene rings is 1. The molecule has 1 aliphatic rings. The molecule has 2 aromatic rings. The summed E-state index contributed by atoms with van der Waals surface area (Å²) in [5.41, 5.74) is 1.23. The fourth-order valence-corrected chi connectivity index (χ4v) is 3.59. The van der Waals surface area contributed by atoms with Gasteiger partial charge in [0.1, 0.15) is 0 Å². The molecule has 3 nitrogen and oxygen atoms in total. The first-order chi connectivity index (χ1) is 9.24. The maximum Gasteiger partial charge on any atom is 0.261 e. The largest absolute Gasteiger partial charge is 0.347 e.